The number of halogens is 4. The van der Waals surface area contributed by atoms with Gasteiger partial charge in [0.05, 0.1) is 9.31 Å². The first-order valence-corrected chi connectivity index (χ1v) is 10.6. The number of ether oxygens (including phenoxy) is 2. The Hall–Kier alpha value is -2.24. The topological polar surface area (TPSA) is 59.3 Å². The zero-order chi connectivity index (χ0) is 22.1. The van der Waals surface area contributed by atoms with Crippen LogP contribution >= 0.6 is 31.9 Å². The lowest BCUT2D eigenvalue weighted by atomic mass is 10.1. The molecule has 0 heterocycles. The molecule has 0 aromatic heterocycles. The SMILES string of the molecule is CC1(C)[C@H](C(=O)OC(C#N)c2cccc(Oc3c(F)cccc3F)c2)[C@@H]1C=C(Br)Br. The average molecular weight is 541 g/mol. The Labute approximate surface area is 189 Å². The van der Waals surface area contributed by atoms with Gasteiger partial charge in [0.15, 0.2) is 17.4 Å². The van der Waals surface area contributed by atoms with Crippen LogP contribution in [0.5, 0.6) is 11.5 Å². The molecule has 8 heteroatoms. The van der Waals surface area contributed by atoms with Crippen molar-refractivity contribution in [3.63, 3.8) is 0 Å². The monoisotopic (exact) mass is 539 g/mol. The summed E-state index contributed by atoms with van der Waals surface area (Å²) in [6, 6.07) is 11.4. The van der Waals surface area contributed by atoms with Gasteiger partial charge in [0.2, 0.25) is 6.10 Å². The molecule has 0 radical (unpaired) electrons. The number of nitriles is 1. The molecule has 1 aliphatic rings. The molecule has 0 bridgehead atoms. The van der Waals surface area contributed by atoms with Crippen molar-refractivity contribution in [2.75, 3.05) is 0 Å². The summed E-state index contributed by atoms with van der Waals surface area (Å²) >= 11 is 6.59. The number of esters is 1. The van der Waals surface area contributed by atoms with Crippen LogP contribution in [-0.4, -0.2) is 5.97 Å². The molecule has 0 saturated heterocycles. The first kappa shape index (κ1) is 22.4. The molecular formula is C22H17Br2F2NO3. The Morgan fingerprint density at radius 1 is 1.20 bits per heavy atom. The summed E-state index contributed by atoms with van der Waals surface area (Å²) in [7, 11) is 0. The molecule has 2 aromatic carbocycles. The van der Waals surface area contributed by atoms with E-state index in [9.17, 15) is 18.8 Å². The van der Waals surface area contributed by atoms with E-state index in [0.717, 1.165) is 15.5 Å². The standard InChI is InChI=1S/C22H17Br2F2NO3/c1-22(2)14(10-18(23)24)19(22)21(28)30-17(11-27)12-5-3-6-13(9-12)29-20-15(25)7-4-8-16(20)26/h3-10,14,17,19H,1-2H3/t14-,17?,19-/m0/s1. The molecule has 1 fully saturated rings. The van der Waals surface area contributed by atoms with Crippen molar-refractivity contribution in [3.05, 3.63) is 69.1 Å². The van der Waals surface area contributed by atoms with Crippen LogP contribution in [0.25, 0.3) is 0 Å². The van der Waals surface area contributed by atoms with E-state index in [1.54, 1.807) is 12.1 Å². The highest BCUT2D eigenvalue weighted by Gasteiger charge is 2.61. The summed E-state index contributed by atoms with van der Waals surface area (Å²) in [6.45, 7) is 3.89. The van der Waals surface area contributed by atoms with Crippen molar-refractivity contribution in [1.29, 1.82) is 5.26 Å². The molecule has 3 rings (SSSR count). The quantitative estimate of drug-likeness (QED) is 0.379. The summed E-state index contributed by atoms with van der Waals surface area (Å²) in [4.78, 5) is 12.7. The fourth-order valence-corrected chi connectivity index (χ4v) is 3.94. The molecule has 1 unspecified atom stereocenters. The molecule has 1 aliphatic carbocycles. The smallest absolute Gasteiger partial charge is 0.311 e. The van der Waals surface area contributed by atoms with Crippen LogP contribution in [0.15, 0.2) is 51.9 Å². The maximum atomic E-state index is 13.8. The highest BCUT2D eigenvalue weighted by molar-refractivity contribution is 9.28. The van der Waals surface area contributed by atoms with Crippen LogP contribution < -0.4 is 4.74 Å². The van der Waals surface area contributed by atoms with E-state index in [1.165, 1.54) is 18.2 Å². The van der Waals surface area contributed by atoms with Gasteiger partial charge < -0.3 is 9.47 Å². The van der Waals surface area contributed by atoms with Crippen molar-refractivity contribution in [3.8, 4) is 17.6 Å². The van der Waals surface area contributed by atoms with E-state index >= 15 is 0 Å². The molecule has 0 N–H and O–H groups in total. The van der Waals surface area contributed by atoms with Crippen LogP contribution in [0, 0.1) is 40.2 Å². The average Bonchev–Trinajstić information content (AvgIpc) is 3.22. The maximum Gasteiger partial charge on any atom is 0.311 e. The lowest BCUT2D eigenvalue weighted by Crippen LogP contribution is -2.14. The van der Waals surface area contributed by atoms with Gasteiger partial charge in [-0.15, -0.1) is 0 Å². The number of carbonyl (C=O) groups is 1. The van der Waals surface area contributed by atoms with Crippen molar-refractivity contribution >= 4 is 37.8 Å². The maximum absolute atomic E-state index is 13.8. The van der Waals surface area contributed by atoms with E-state index in [1.807, 2.05) is 26.0 Å². The van der Waals surface area contributed by atoms with Gasteiger partial charge in [0, 0.05) is 5.56 Å². The fourth-order valence-electron chi connectivity index (χ4n) is 3.37. The van der Waals surface area contributed by atoms with Crippen molar-refractivity contribution in [2.45, 2.75) is 20.0 Å². The molecule has 0 spiro atoms. The van der Waals surface area contributed by atoms with Crippen LogP contribution in [0.2, 0.25) is 0 Å². The first-order valence-electron chi connectivity index (χ1n) is 9.00. The minimum atomic E-state index is -1.18. The molecular weight excluding hydrogens is 524 g/mol. The first-order chi connectivity index (χ1) is 14.1. The van der Waals surface area contributed by atoms with Crippen molar-refractivity contribution in [1.82, 2.24) is 0 Å². The molecule has 1 saturated carbocycles. The predicted molar refractivity (Wildman–Crippen MR) is 114 cm³/mol. The Bertz CT molecular complexity index is 1020. The number of hydrogen-bond donors (Lipinski definition) is 0. The van der Waals surface area contributed by atoms with Gasteiger partial charge in [0.25, 0.3) is 0 Å². The molecule has 156 valence electrons. The number of hydrogen-bond acceptors (Lipinski definition) is 4. The highest BCUT2D eigenvalue weighted by atomic mass is 79.9. The van der Waals surface area contributed by atoms with E-state index in [4.69, 9.17) is 9.47 Å². The Balaban J connectivity index is 1.77. The summed E-state index contributed by atoms with van der Waals surface area (Å²) < 4.78 is 39.2. The lowest BCUT2D eigenvalue weighted by molar-refractivity contribution is -0.149. The molecule has 30 heavy (non-hydrogen) atoms. The van der Waals surface area contributed by atoms with Gasteiger partial charge in [-0.3, -0.25) is 4.79 Å². The molecule has 4 nitrogen and oxygen atoms in total. The molecule has 3 atom stereocenters. The van der Waals surface area contributed by atoms with Crippen LogP contribution in [-0.2, 0) is 9.53 Å². The largest absolute Gasteiger partial charge is 0.451 e. The van der Waals surface area contributed by atoms with Crippen LogP contribution in [0.1, 0.15) is 25.5 Å². The number of para-hydroxylation sites is 1. The van der Waals surface area contributed by atoms with Gasteiger partial charge in [-0.2, -0.15) is 5.26 Å². The normalized spacial score (nSPS) is 19.9. The van der Waals surface area contributed by atoms with E-state index < -0.39 is 29.5 Å². The third kappa shape index (κ3) is 4.73. The number of allylic oxidation sites excluding steroid dienone is 1. The minimum absolute atomic E-state index is 0.0307. The summed E-state index contributed by atoms with van der Waals surface area (Å²) in [5, 5.41) is 9.53. The van der Waals surface area contributed by atoms with Gasteiger partial charge in [-0.1, -0.05) is 38.1 Å². The second kappa shape index (κ2) is 8.86. The summed E-state index contributed by atoms with van der Waals surface area (Å²) in [5.41, 5.74) is 0.0457. The third-order valence-electron chi connectivity index (χ3n) is 5.12. The Morgan fingerprint density at radius 2 is 1.83 bits per heavy atom. The number of carbonyl (C=O) groups excluding carboxylic acids is 1. The predicted octanol–water partition coefficient (Wildman–Crippen LogP) is 6.77. The van der Waals surface area contributed by atoms with Crippen LogP contribution in [0.4, 0.5) is 8.78 Å². The zero-order valence-electron chi connectivity index (χ0n) is 16.0. The van der Waals surface area contributed by atoms with E-state index in [0.29, 0.717) is 5.56 Å². The Kier molecular flexibility index (Phi) is 6.63. The second-order valence-electron chi connectivity index (χ2n) is 7.45. The highest BCUT2D eigenvalue weighted by Crippen LogP contribution is 2.60. The fraction of sp³-hybridized carbons (Fsp3) is 0.273. The minimum Gasteiger partial charge on any atom is -0.451 e. The molecule has 0 amide bonds. The number of benzene rings is 2. The lowest BCUT2D eigenvalue weighted by Gasteiger charge is -2.14. The molecule has 2 aromatic rings. The number of nitrogens with zero attached hydrogens (tertiary/aromatic N) is 1. The summed E-state index contributed by atoms with van der Waals surface area (Å²) in [5.74, 6) is -3.03. The van der Waals surface area contributed by atoms with Crippen molar-refractivity contribution < 1.29 is 23.0 Å². The van der Waals surface area contributed by atoms with E-state index in [2.05, 4.69) is 31.9 Å². The molecule has 0 aliphatic heterocycles. The van der Waals surface area contributed by atoms with Gasteiger partial charge in [0.1, 0.15) is 11.8 Å². The summed E-state index contributed by atoms with van der Waals surface area (Å²) in [6.07, 6.45) is 0.699. The van der Waals surface area contributed by atoms with Crippen molar-refractivity contribution in [2.24, 2.45) is 17.3 Å². The zero-order valence-corrected chi connectivity index (χ0v) is 19.2. The second-order valence-corrected chi connectivity index (χ2v) is 10.2. The van der Waals surface area contributed by atoms with Gasteiger partial charge >= 0.3 is 5.97 Å². The Morgan fingerprint density at radius 3 is 2.43 bits per heavy atom. The third-order valence-corrected chi connectivity index (χ3v) is 5.65. The van der Waals surface area contributed by atoms with E-state index in [-0.39, 0.29) is 23.0 Å². The van der Waals surface area contributed by atoms with Gasteiger partial charge in [-0.05, 0) is 67.5 Å². The van der Waals surface area contributed by atoms with Crippen LogP contribution in [0.3, 0.4) is 0 Å². The number of rotatable bonds is 6. The van der Waals surface area contributed by atoms with Gasteiger partial charge in [-0.25, -0.2) is 8.78 Å².